The molecule has 15 heavy (non-hydrogen) atoms. The summed E-state index contributed by atoms with van der Waals surface area (Å²) >= 11 is 0. The van der Waals surface area contributed by atoms with Crippen LogP contribution in [0.5, 0.6) is 0 Å². The van der Waals surface area contributed by atoms with Gasteiger partial charge in [0.25, 0.3) is 0 Å². The standard InChI is InChI=1S/C10H18N2O3/c1-7(13)4-5-12-8(14)6-11-10(2,3)9(12)15/h7,11,13H,4-6H2,1-3H3. The predicted octanol–water partition coefficient (Wildman–Crippen LogP) is -0.506. The number of carbonyl (C=O) groups excluding carboxylic acids is 2. The van der Waals surface area contributed by atoms with Crippen LogP contribution in [-0.4, -0.2) is 46.6 Å². The van der Waals surface area contributed by atoms with E-state index in [9.17, 15) is 9.59 Å². The molecule has 1 saturated heterocycles. The van der Waals surface area contributed by atoms with Crippen molar-refractivity contribution in [3.05, 3.63) is 0 Å². The summed E-state index contributed by atoms with van der Waals surface area (Å²) in [6, 6.07) is 0. The molecule has 0 bridgehead atoms. The molecule has 5 nitrogen and oxygen atoms in total. The molecule has 1 rings (SSSR count). The Balaban J connectivity index is 2.67. The zero-order valence-corrected chi connectivity index (χ0v) is 9.41. The van der Waals surface area contributed by atoms with Gasteiger partial charge in [-0.2, -0.15) is 0 Å². The molecular weight excluding hydrogens is 196 g/mol. The van der Waals surface area contributed by atoms with E-state index in [1.807, 2.05) is 0 Å². The Hall–Kier alpha value is -0.940. The minimum Gasteiger partial charge on any atom is -0.393 e. The normalized spacial score (nSPS) is 23.1. The van der Waals surface area contributed by atoms with Crippen molar-refractivity contribution in [1.82, 2.24) is 10.2 Å². The van der Waals surface area contributed by atoms with Crippen LogP contribution < -0.4 is 5.32 Å². The molecule has 1 atom stereocenters. The summed E-state index contributed by atoms with van der Waals surface area (Å²) < 4.78 is 0. The molecule has 1 aliphatic rings. The van der Waals surface area contributed by atoms with Crippen molar-refractivity contribution in [2.24, 2.45) is 0 Å². The SMILES string of the molecule is CC(O)CCN1C(=O)CNC(C)(C)C1=O. The van der Waals surface area contributed by atoms with Crippen molar-refractivity contribution in [3.8, 4) is 0 Å². The van der Waals surface area contributed by atoms with E-state index in [1.54, 1.807) is 20.8 Å². The van der Waals surface area contributed by atoms with Crippen molar-refractivity contribution in [2.45, 2.75) is 38.8 Å². The Labute approximate surface area is 89.4 Å². The lowest BCUT2D eigenvalue weighted by atomic mass is 10.0. The number of hydrogen-bond donors (Lipinski definition) is 2. The van der Waals surface area contributed by atoms with E-state index >= 15 is 0 Å². The van der Waals surface area contributed by atoms with Crippen LogP contribution in [-0.2, 0) is 9.59 Å². The quantitative estimate of drug-likeness (QED) is 0.621. The summed E-state index contributed by atoms with van der Waals surface area (Å²) in [7, 11) is 0. The average molecular weight is 214 g/mol. The molecule has 0 aliphatic carbocycles. The maximum atomic E-state index is 11.8. The second-order valence-electron chi connectivity index (χ2n) is 4.47. The van der Waals surface area contributed by atoms with Gasteiger partial charge in [0.15, 0.2) is 0 Å². The van der Waals surface area contributed by atoms with Gasteiger partial charge in [0.2, 0.25) is 11.8 Å². The molecule has 1 fully saturated rings. The second kappa shape index (κ2) is 4.28. The highest BCUT2D eigenvalue weighted by Crippen LogP contribution is 2.13. The van der Waals surface area contributed by atoms with Crippen molar-refractivity contribution < 1.29 is 14.7 Å². The van der Waals surface area contributed by atoms with Crippen LogP contribution in [0.1, 0.15) is 27.2 Å². The number of imide groups is 1. The number of nitrogens with zero attached hydrogens (tertiary/aromatic N) is 1. The van der Waals surface area contributed by atoms with Gasteiger partial charge in [0, 0.05) is 6.54 Å². The summed E-state index contributed by atoms with van der Waals surface area (Å²) in [4.78, 5) is 24.5. The number of nitrogens with one attached hydrogen (secondary N) is 1. The fourth-order valence-electron chi connectivity index (χ4n) is 1.46. The van der Waals surface area contributed by atoms with Crippen LogP contribution in [0.2, 0.25) is 0 Å². The fourth-order valence-corrected chi connectivity index (χ4v) is 1.46. The van der Waals surface area contributed by atoms with Gasteiger partial charge in [0.05, 0.1) is 18.2 Å². The first-order valence-electron chi connectivity index (χ1n) is 5.12. The minimum absolute atomic E-state index is 0.179. The maximum absolute atomic E-state index is 11.8. The van der Waals surface area contributed by atoms with Crippen molar-refractivity contribution in [1.29, 1.82) is 0 Å². The number of amides is 2. The molecule has 2 N–H and O–H groups in total. The van der Waals surface area contributed by atoms with Gasteiger partial charge in [0.1, 0.15) is 0 Å². The van der Waals surface area contributed by atoms with Gasteiger partial charge in [-0.15, -0.1) is 0 Å². The van der Waals surface area contributed by atoms with Crippen LogP contribution in [0, 0.1) is 0 Å². The van der Waals surface area contributed by atoms with Crippen LogP contribution >= 0.6 is 0 Å². The Morgan fingerprint density at radius 2 is 2.13 bits per heavy atom. The van der Waals surface area contributed by atoms with E-state index in [4.69, 9.17) is 5.11 Å². The lowest BCUT2D eigenvalue weighted by Gasteiger charge is -2.36. The summed E-state index contributed by atoms with van der Waals surface area (Å²) in [5.74, 6) is -0.445. The molecule has 1 heterocycles. The Kier molecular flexibility index (Phi) is 3.46. The third-order valence-corrected chi connectivity index (χ3v) is 2.53. The molecule has 2 amide bonds. The van der Waals surface area contributed by atoms with Gasteiger partial charge in [-0.25, -0.2) is 0 Å². The van der Waals surface area contributed by atoms with Crippen molar-refractivity contribution >= 4 is 11.8 Å². The lowest BCUT2D eigenvalue weighted by Crippen LogP contribution is -2.63. The van der Waals surface area contributed by atoms with E-state index < -0.39 is 11.6 Å². The first-order valence-corrected chi connectivity index (χ1v) is 5.12. The van der Waals surface area contributed by atoms with Crippen LogP contribution in [0.25, 0.3) is 0 Å². The number of hydrogen-bond acceptors (Lipinski definition) is 4. The molecule has 0 aromatic carbocycles. The number of aliphatic hydroxyl groups is 1. The molecule has 0 radical (unpaired) electrons. The third kappa shape index (κ3) is 2.76. The van der Waals surface area contributed by atoms with E-state index in [2.05, 4.69) is 5.32 Å². The number of rotatable bonds is 3. The Morgan fingerprint density at radius 3 is 2.67 bits per heavy atom. The molecule has 1 aliphatic heterocycles. The average Bonchev–Trinajstić information content (AvgIpc) is 2.12. The van der Waals surface area contributed by atoms with E-state index in [0.717, 1.165) is 0 Å². The van der Waals surface area contributed by atoms with Gasteiger partial charge in [-0.3, -0.25) is 19.8 Å². The summed E-state index contributed by atoms with van der Waals surface area (Å²) in [6.45, 7) is 5.61. The first-order chi connectivity index (χ1) is 6.84. The molecular formula is C10H18N2O3. The molecule has 86 valence electrons. The van der Waals surface area contributed by atoms with E-state index in [0.29, 0.717) is 13.0 Å². The maximum Gasteiger partial charge on any atom is 0.248 e. The van der Waals surface area contributed by atoms with E-state index in [1.165, 1.54) is 4.90 Å². The molecule has 0 saturated carbocycles. The fraction of sp³-hybridized carbons (Fsp3) is 0.800. The highest BCUT2D eigenvalue weighted by molar-refractivity contribution is 6.02. The van der Waals surface area contributed by atoms with Gasteiger partial charge < -0.3 is 5.11 Å². The summed E-state index contributed by atoms with van der Waals surface area (Å²) in [5.41, 5.74) is -0.688. The summed E-state index contributed by atoms with van der Waals surface area (Å²) in [5, 5.41) is 12.0. The molecule has 1 unspecified atom stereocenters. The highest BCUT2D eigenvalue weighted by atomic mass is 16.3. The topological polar surface area (TPSA) is 69.6 Å². The Bertz CT molecular complexity index is 274. The largest absolute Gasteiger partial charge is 0.393 e. The monoisotopic (exact) mass is 214 g/mol. The second-order valence-corrected chi connectivity index (χ2v) is 4.47. The molecule has 5 heteroatoms. The number of piperazine rings is 1. The Morgan fingerprint density at radius 1 is 1.53 bits per heavy atom. The molecule has 0 aromatic rings. The lowest BCUT2D eigenvalue weighted by molar-refractivity contribution is -0.152. The van der Waals surface area contributed by atoms with Crippen LogP contribution in [0.4, 0.5) is 0 Å². The van der Waals surface area contributed by atoms with Crippen LogP contribution in [0.15, 0.2) is 0 Å². The smallest absolute Gasteiger partial charge is 0.248 e. The number of aliphatic hydroxyl groups excluding tert-OH is 1. The zero-order valence-electron chi connectivity index (χ0n) is 9.41. The van der Waals surface area contributed by atoms with Crippen LogP contribution in [0.3, 0.4) is 0 Å². The van der Waals surface area contributed by atoms with Crippen molar-refractivity contribution in [2.75, 3.05) is 13.1 Å². The first kappa shape index (κ1) is 12.1. The molecule has 0 spiro atoms. The number of carbonyl (C=O) groups is 2. The van der Waals surface area contributed by atoms with Crippen molar-refractivity contribution in [3.63, 3.8) is 0 Å². The highest BCUT2D eigenvalue weighted by Gasteiger charge is 2.39. The predicted molar refractivity (Wildman–Crippen MR) is 55.1 cm³/mol. The zero-order chi connectivity index (χ0) is 11.6. The van der Waals surface area contributed by atoms with Gasteiger partial charge >= 0.3 is 0 Å². The minimum atomic E-state index is -0.688. The van der Waals surface area contributed by atoms with Gasteiger partial charge in [-0.05, 0) is 27.2 Å². The van der Waals surface area contributed by atoms with Gasteiger partial charge in [-0.1, -0.05) is 0 Å². The van der Waals surface area contributed by atoms with E-state index in [-0.39, 0.29) is 18.4 Å². The molecule has 0 aromatic heterocycles. The third-order valence-electron chi connectivity index (χ3n) is 2.53. The summed E-state index contributed by atoms with van der Waals surface area (Å²) in [6.07, 6.45) is -0.0725.